The normalized spacial score (nSPS) is 25.7. The first kappa shape index (κ1) is 16.6. The summed E-state index contributed by atoms with van der Waals surface area (Å²) in [6.07, 6.45) is 2.72. The predicted octanol–water partition coefficient (Wildman–Crippen LogP) is 2.56. The van der Waals surface area contributed by atoms with Gasteiger partial charge in [0.05, 0.1) is 6.54 Å². The lowest BCUT2D eigenvalue weighted by molar-refractivity contribution is -0.0668. The molecule has 1 atom stereocenters. The smallest absolute Gasteiger partial charge is 0.194 e. The van der Waals surface area contributed by atoms with E-state index in [1.165, 1.54) is 12.8 Å². The van der Waals surface area contributed by atoms with Crippen LogP contribution in [0, 0.1) is 5.41 Å². The number of guanidine groups is 1. The van der Waals surface area contributed by atoms with Gasteiger partial charge < -0.3 is 10.2 Å². The van der Waals surface area contributed by atoms with Crippen LogP contribution >= 0.6 is 0 Å². The lowest BCUT2D eigenvalue weighted by Crippen LogP contribution is -2.72. The van der Waals surface area contributed by atoms with Gasteiger partial charge in [0.25, 0.3) is 0 Å². The lowest BCUT2D eigenvalue weighted by atomic mass is 9.65. The number of rotatable bonds is 5. The largest absolute Gasteiger partial charge is 0.356 e. The van der Waals surface area contributed by atoms with Crippen molar-refractivity contribution in [2.75, 3.05) is 26.7 Å². The van der Waals surface area contributed by atoms with Gasteiger partial charge in [-0.2, -0.15) is 0 Å². The number of hydrogen-bond acceptors (Lipinski definition) is 2. The van der Waals surface area contributed by atoms with E-state index in [4.69, 9.17) is 4.99 Å². The first-order valence-electron chi connectivity index (χ1n) is 8.48. The van der Waals surface area contributed by atoms with Gasteiger partial charge in [-0.15, -0.1) is 0 Å². The molecule has 4 nitrogen and oxygen atoms in total. The highest BCUT2D eigenvalue weighted by Gasteiger charge is 2.53. The molecule has 1 aliphatic heterocycles. The Morgan fingerprint density at radius 3 is 2.38 bits per heavy atom. The lowest BCUT2D eigenvalue weighted by Gasteiger charge is -2.62. The van der Waals surface area contributed by atoms with Crippen molar-refractivity contribution in [2.24, 2.45) is 10.4 Å². The third-order valence-corrected chi connectivity index (χ3v) is 5.80. The number of aliphatic imine (C=N–C) groups is 1. The first-order chi connectivity index (χ1) is 9.70. The van der Waals surface area contributed by atoms with E-state index in [0.717, 1.165) is 31.6 Å². The Morgan fingerprint density at radius 2 is 1.95 bits per heavy atom. The summed E-state index contributed by atoms with van der Waals surface area (Å²) in [5.41, 5.74) is 0.513. The van der Waals surface area contributed by atoms with E-state index >= 15 is 0 Å². The summed E-state index contributed by atoms with van der Waals surface area (Å²) in [4.78, 5) is 9.83. The molecule has 2 rings (SSSR count). The molecule has 0 bridgehead atoms. The van der Waals surface area contributed by atoms with Crippen LogP contribution in [-0.4, -0.2) is 60.1 Å². The fraction of sp³-hybridized carbons (Fsp3) is 0.941. The van der Waals surface area contributed by atoms with Gasteiger partial charge in [0, 0.05) is 36.1 Å². The molecule has 21 heavy (non-hydrogen) atoms. The summed E-state index contributed by atoms with van der Waals surface area (Å²) in [7, 11) is 2.24. The Morgan fingerprint density at radius 1 is 1.33 bits per heavy atom. The van der Waals surface area contributed by atoms with Crippen molar-refractivity contribution in [3.8, 4) is 0 Å². The maximum Gasteiger partial charge on any atom is 0.194 e. The maximum absolute atomic E-state index is 4.92. The van der Waals surface area contributed by atoms with Crippen molar-refractivity contribution in [3.05, 3.63) is 0 Å². The standard InChI is InChI=1S/C17H34N4/c1-8-18-15(21-12-16(3,4)17(21,5)6)19-11-13(2)20(7)14-9-10-14/h13-14H,8-12H2,1-7H3,(H,18,19). The van der Waals surface area contributed by atoms with Crippen molar-refractivity contribution in [1.82, 2.24) is 15.1 Å². The molecule has 0 aromatic carbocycles. The molecular weight excluding hydrogens is 260 g/mol. The van der Waals surface area contributed by atoms with Gasteiger partial charge in [-0.1, -0.05) is 13.8 Å². The molecule has 1 saturated heterocycles. The minimum Gasteiger partial charge on any atom is -0.356 e. The van der Waals surface area contributed by atoms with E-state index in [1.807, 2.05) is 0 Å². The number of likely N-dealkylation sites (tertiary alicyclic amines) is 1. The van der Waals surface area contributed by atoms with Crippen LogP contribution in [0.1, 0.15) is 54.4 Å². The molecule has 2 fully saturated rings. The summed E-state index contributed by atoms with van der Waals surface area (Å²) < 4.78 is 0. The van der Waals surface area contributed by atoms with Gasteiger partial charge in [0.2, 0.25) is 0 Å². The summed E-state index contributed by atoms with van der Waals surface area (Å²) in [6.45, 7) is 16.7. The number of nitrogens with zero attached hydrogens (tertiary/aromatic N) is 3. The maximum atomic E-state index is 4.92. The molecule has 0 aromatic rings. The summed E-state index contributed by atoms with van der Waals surface area (Å²) in [6, 6.07) is 1.32. The molecule has 0 spiro atoms. The molecule has 1 saturated carbocycles. The molecule has 122 valence electrons. The fourth-order valence-electron chi connectivity index (χ4n) is 2.98. The quantitative estimate of drug-likeness (QED) is 0.624. The van der Waals surface area contributed by atoms with Crippen molar-refractivity contribution < 1.29 is 0 Å². The van der Waals surface area contributed by atoms with Crippen molar-refractivity contribution in [2.45, 2.75) is 72.0 Å². The van der Waals surface area contributed by atoms with E-state index < -0.39 is 0 Å². The molecule has 0 radical (unpaired) electrons. The van der Waals surface area contributed by atoms with Crippen molar-refractivity contribution in [1.29, 1.82) is 0 Å². The van der Waals surface area contributed by atoms with Crippen LogP contribution in [-0.2, 0) is 0 Å². The molecule has 1 aliphatic carbocycles. The second-order valence-corrected chi connectivity index (χ2v) is 7.97. The van der Waals surface area contributed by atoms with Gasteiger partial charge in [-0.05, 0) is 47.6 Å². The third-order valence-electron chi connectivity index (χ3n) is 5.80. The highest BCUT2D eigenvalue weighted by molar-refractivity contribution is 5.82. The Hall–Kier alpha value is -0.770. The van der Waals surface area contributed by atoms with Crippen molar-refractivity contribution in [3.63, 3.8) is 0 Å². The molecule has 0 amide bonds. The number of hydrogen-bond donors (Lipinski definition) is 1. The Bertz CT molecular complexity index is 396. The van der Waals surface area contributed by atoms with Crippen LogP contribution < -0.4 is 5.32 Å². The van der Waals surface area contributed by atoms with Gasteiger partial charge in [0.1, 0.15) is 0 Å². The van der Waals surface area contributed by atoms with Crippen molar-refractivity contribution >= 4 is 5.96 Å². The van der Waals surface area contributed by atoms with Gasteiger partial charge >= 0.3 is 0 Å². The molecule has 4 heteroatoms. The summed E-state index contributed by atoms with van der Waals surface area (Å²) >= 11 is 0. The average Bonchev–Trinajstić information content (AvgIpc) is 3.24. The minimum atomic E-state index is 0.166. The van der Waals surface area contributed by atoms with Crippen LogP contribution in [0.3, 0.4) is 0 Å². The van der Waals surface area contributed by atoms with E-state index in [-0.39, 0.29) is 5.54 Å². The molecule has 0 aromatic heterocycles. The van der Waals surface area contributed by atoms with E-state index in [2.05, 4.69) is 63.7 Å². The Balaban J connectivity index is 2.00. The van der Waals surface area contributed by atoms with E-state index in [9.17, 15) is 0 Å². The van der Waals surface area contributed by atoms with Crippen LogP contribution in [0.15, 0.2) is 4.99 Å². The Kier molecular flexibility index (Phi) is 4.57. The van der Waals surface area contributed by atoms with Crippen LogP contribution in [0.25, 0.3) is 0 Å². The zero-order valence-electron chi connectivity index (χ0n) is 15.0. The molecule has 1 heterocycles. The monoisotopic (exact) mass is 294 g/mol. The zero-order chi connectivity index (χ0) is 15.8. The second kappa shape index (κ2) is 5.79. The van der Waals surface area contributed by atoms with Gasteiger partial charge in [0.15, 0.2) is 5.96 Å². The third kappa shape index (κ3) is 3.20. The van der Waals surface area contributed by atoms with Crippen LogP contribution in [0.5, 0.6) is 0 Å². The van der Waals surface area contributed by atoms with Crippen LogP contribution in [0.2, 0.25) is 0 Å². The SMILES string of the molecule is CCNC(=NCC(C)N(C)C1CC1)N1CC(C)(C)C1(C)C. The fourth-order valence-corrected chi connectivity index (χ4v) is 2.98. The Labute approximate surface area is 131 Å². The van der Waals surface area contributed by atoms with E-state index in [0.29, 0.717) is 11.5 Å². The topological polar surface area (TPSA) is 30.9 Å². The second-order valence-electron chi connectivity index (χ2n) is 7.97. The number of likely N-dealkylation sites (N-methyl/N-ethyl adjacent to an activating group) is 1. The average molecular weight is 294 g/mol. The molecular formula is C17H34N4. The van der Waals surface area contributed by atoms with Gasteiger partial charge in [-0.25, -0.2) is 0 Å². The summed E-state index contributed by atoms with van der Waals surface area (Å²) in [5, 5.41) is 3.47. The highest BCUT2D eigenvalue weighted by atomic mass is 15.4. The van der Waals surface area contributed by atoms with E-state index in [1.54, 1.807) is 0 Å². The molecule has 1 unspecified atom stereocenters. The number of nitrogens with one attached hydrogen (secondary N) is 1. The summed E-state index contributed by atoms with van der Waals surface area (Å²) in [5.74, 6) is 1.08. The zero-order valence-corrected chi connectivity index (χ0v) is 15.0. The minimum absolute atomic E-state index is 0.166. The molecule has 1 N–H and O–H groups in total. The van der Waals surface area contributed by atoms with Crippen LogP contribution in [0.4, 0.5) is 0 Å². The molecule has 2 aliphatic rings. The predicted molar refractivity (Wildman–Crippen MR) is 90.8 cm³/mol. The highest BCUT2D eigenvalue weighted by Crippen LogP contribution is 2.46. The van der Waals surface area contributed by atoms with Gasteiger partial charge in [-0.3, -0.25) is 9.89 Å². The first-order valence-corrected chi connectivity index (χ1v) is 8.48.